The maximum absolute atomic E-state index is 14.3. The third kappa shape index (κ3) is 2.99. The van der Waals surface area contributed by atoms with E-state index in [4.69, 9.17) is 0 Å². The molecular weight excluding hydrogens is 281 g/mol. The SMILES string of the molecule is CC(C)NCc1ccc(F)c(-c2cccc3ccsc23)c1. The molecule has 0 saturated carbocycles. The number of hydrogen-bond acceptors (Lipinski definition) is 2. The van der Waals surface area contributed by atoms with Gasteiger partial charge in [0.2, 0.25) is 0 Å². The minimum Gasteiger partial charge on any atom is -0.310 e. The number of thiophene rings is 1. The lowest BCUT2D eigenvalue weighted by molar-refractivity contribution is 0.586. The largest absolute Gasteiger partial charge is 0.310 e. The highest BCUT2D eigenvalue weighted by Gasteiger charge is 2.10. The third-order valence-corrected chi connectivity index (χ3v) is 4.48. The van der Waals surface area contributed by atoms with E-state index in [0.29, 0.717) is 11.6 Å². The Morgan fingerprint density at radius 2 is 1.95 bits per heavy atom. The molecule has 0 atom stereocenters. The molecule has 108 valence electrons. The Kier molecular flexibility index (Phi) is 4.04. The van der Waals surface area contributed by atoms with Gasteiger partial charge in [0.25, 0.3) is 0 Å². The highest BCUT2D eigenvalue weighted by atomic mass is 32.1. The first-order valence-corrected chi connectivity index (χ1v) is 8.01. The zero-order chi connectivity index (χ0) is 14.8. The van der Waals surface area contributed by atoms with E-state index in [1.807, 2.05) is 24.3 Å². The molecule has 0 aliphatic carbocycles. The molecule has 0 fully saturated rings. The molecule has 0 radical (unpaired) electrons. The summed E-state index contributed by atoms with van der Waals surface area (Å²) in [5.74, 6) is -0.163. The van der Waals surface area contributed by atoms with Gasteiger partial charge in [0.1, 0.15) is 5.82 Å². The van der Waals surface area contributed by atoms with Gasteiger partial charge in [0.05, 0.1) is 0 Å². The molecule has 0 aliphatic heterocycles. The molecule has 0 amide bonds. The van der Waals surface area contributed by atoms with E-state index in [9.17, 15) is 4.39 Å². The van der Waals surface area contributed by atoms with E-state index >= 15 is 0 Å². The minimum absolute atomic E-state index is 0.163. The molecule has 0 spiro atoms. The molecule has 0 bridgehead atoms. The summed E-state index contributed by atoms with van der Waals surface area (Å²) < 4.78 is 15.4. The van der Waals surface area contributed by atoms with Crippen LogP contribution in [0.4, 0.5) is 4.39 Å². The smallest absolute Gasteiger partial charge is 0.131 e. The fraction of sp³-hybridized carbons (Fsp3) is 0.222. The number of benzene rings is 2. The second-order valence-electron chi connectivity index (χ2n) is 5.49. The lowest BCUT2D eigenvalue weighted by atomic mass is 10.0. The van der Waals surface area contributed by atoms with Gasteiger partial charge in [-0.25, -0.2) is 4.39 Å². The van der Waals surface area contributed by atoms with Crippen molar-refractivity contribution in [3.8, 4) is 11.1 Å². The number of rotatable bonds is 4. The maximum Gasteiger partial charge on any atom is 0.131 e. The van der Waals surface area contributed by atoms with Gasteiger partial charge in [-0.3, -0.25) is 0 Å². The summed E-state index contributed by atoms with van der Waals surface area (Å²) in [6, 6.07) is 13.9. The van der Waals surface area contributed by atoms with Gasteiger partial charge < -0.3 is 5.32 Å². The molecule has 0 saturated heterocycles. The van der Waals surface area contributed by atoms with Crippen LogP contribution in [0.1, 0.15) is 19.4 Å². The summed E-state index contributed by atoms with van der Waals surface area (Å²) in [5.41, 5.74) is 2.77. The minimum atomic E-state index is -0.163. The molecule has 1 aromatic heterocycles. The predicted octanol–water partition coefficient (Wildman–Crippen LogP) is 5.21. The molecule has 1 nitrogen and oxygen atoms in total. The molecular formula is C18H18FNS. The van der Waals surface area contributed by atoms with Crippen LogP contribution >= 0.6 is 11.3 Å². The molecule has 21 heavy (non-hydrogen) atoms. The van der Waals surface area contributed by atoms with Gasteiger partial charge in [0.15, 0.2) is 0 Å². The van der Waals surface area contributed by atoms with Crippen molar-refractivity contribution in [3.63, 3.8) is 0 Å². The highest BCUT2D eigenvalue weighted by molar-refractivity contribution is 7.17. The normalized spacial score (nSPS) is 11.4. The van der Waals surface area contributed by atoms with Crippen molar-refractivity contribution >= 4 is 21.4 Å². The fourth-order valence-corrected chi connectivity index (χ4v) is 3.34. The summed E-state index contributed by atoms with van der Waals surface area (Å²) in [7, 11) is 0. The van der Waals surface area contributed by atoms with E-state index in [2.05, 4.69) is 36.7 Å². The molecule has 2 aromatic carbocycles. The van der Waals surface area contributed by atoms with Gasteiger partial charge >= 0.3 is 0 Å². The highest BCUT2D eigenvalue weighted by Crippen LogP contribution is 2.34. The monoisotopic (exact) mass is 299 g/mol. The average Bonchev–Trinajstić information content (AvgIpc) is 2.95. The zero-order valence-electron chi connectivity index (χ0n) is 12.2. The van der Waals surface area contributed by atoms with Gasteiger partial charge in [-0.15, -0.1) is 11.3 Å². The van der Waals surface area contributed by atoms with Gasteiger partial charge in [-0.1, -0.05) is 38.1 Å². The Balaban J connectivity index is 2.05. The molecule has 0 aliphatic rings. The molecule has 3 rings (SSSR count). The van der Waals surface area contributed by atoms with Crippen LogP contribution in [0.25, 0.3) is 21.2 Å². The number of nitrogens with one attached hydrogen (secondary N) is 1. The number of halogens is 1. The van der Waals surface area contributed by atoms with Crippen molar-refractivity contribution in [2.24, 2.45) is 0 Å². The number of fused-ring (bicyclic) bond motifs is 1. The van der Waals surface area contributed by atoms with Crippen molar-refractivity contribution in [2.45, 2.75) is 26.4 Å². The van der Waals surface area contributed by atoms with Gasteiger partial charge in [-0.2, -0.15) is 0 Å². The van der Waals surface area contributed by atoms with Crippen LogP contribution in [0.3, 0.4) is 0 Å². The first-order valence-electron chi connectivity index (χ1n) is 7.13. The molecule has 3 heteroatoms. The molecule has 1 N–H and O–H groups in total. The van der Waals surface area contributed by atoms with Crippen molar-refractivity contribution < 1.29 is 4.39 Å². The summed E-state index contributed by atoms with van der Waals surface area (Å²) in [6.45, 7) is 4.97. The first-order chi connectivity index (χ1) is 10.1. The lowest BCUT2D eigenvalue weighted by Crippen LogP contribution is -2.21. The van der Waals surface area contributed by atoms with Crippen LogP contribution in [-0.2, 0) is 6.54 Å². The van der Waals surface area contributed by atoms with Crippen LogP contribution in [0, 0.1) is 5.82 Å². The molecule has 3 aromatic rings. The standard InChI is InChI=1S/C18H18FNS/c1-12(2)20-11-13-6-7-17(19)16(10-13)15-5-3-4-14-8-9-21-18(14)15/h3-10,12,20H,11H2,1-2H3. The Bertz CT molecular complexity index is 761. The van der Waals surface area contributed by atoms with Crippen LogP contribution in [0.2, 0.25) is 0 Å². The number of hydrogen-bond donors (Lipinski definition) is 1. The summed E-state index contributed by atoms with van der Waals surface area (Å²) in [4.78, 5) is 0. The summed E-state index contributed by atoms with van der Waals surface area (Å²) in [6.07, 6.45) is 0. The molecule has 1 heterocycles. The molecule has 0 unspecified atom stereocenters. The van der Waals surface area contributed by atoms with Crippen LogP contribution in [0.15, 0.2) is 47.8 Å². The van der Waals surface area contributed by atoms with Crippen LogP contribution in [-0.4, -0.2) is 6.04 Å². The fourth-order valence-electron chi connectivity index (χ4n) is 2.42. The van der Waals surface area contributed by atoms with Crippen LogP contribution in [0.5, 0.6) is 0 Å². The first kappa shape index (κ1) is 14.2. The third-order valence-electron chi connectivity index (χ3n) is 3.51. The lowest BCUT2D eigenvalue weighted by Gasteiger charge is -2.11. The maximum atomic E-state index is 14.3. The average molecular weight is 299 g/mol. The quantitative estimate of drug-likeness (QED) is 0.697. The second kappa shape index (κ2) is 5.96. The van der Waals surface area contributed by atoms with E-state index in [1.165, 1.54) is 5.39 Å². The van der Waals surface area contributed by atoms with Crippen molar-refractivity contribution in [2.75, 3.05) is 0 Å². The van der Waals surface area contributed by atoms with Crippen LogP contribution < -0.4 is 5.32 Å². The predicted molar refractivity (Wildman–Crippen MR) is 89.2 cm³/mol. The Morgan fingerprint density at radius 1 is 1.10 bits per heavy atom. The zero-order valence-corrected chi connectivity index (χ0v) is 13.0. The van der Waals surface area contributed by atoms with Crippen molar-refractivity contribution in [1.82, 2.24) is 5.32 Å². The van der Waals surface area contributed by atoms with Gasteiger partial charge in [0, 0.05) is 28.4 Å². The van der Waals surface area contributed by atoms with E-state index in [-0.39, 0.29) is 5.82 Å². The topological polar surface area (TPSA) is 12.0 Å². The van der Waals surface area contributed by atoms with Crippen molar-refractivity contribution in [1.29, 1.82) is 0 Å². The van der Waals surface area contributed by atoms with E-state index < -0.39 is 0 Å². The van der Waals surface area contributed by atoms with Gasteiger partial charge in [-0.05, 0) is 34.5 Å². The van der Waals surface area contributed by atoms with E-state index in [1.54, 1.807) is 17.4 Å². The Morgan fingerprint density at radius 3 is 2.76 bits per heavy atom. The van der Waals surface area contributed by atoms with Crippen molar-refractivity contribution in [3.05, 3.63) is 59.2 Å². The Labute approximate surface area is 128 Å². The van der Waals surface area contributed by atoms with E-state index in [0.717, 1.165) is 22.4 Å². The Hall–Kier alpha value is -1.71. The second-order valence-corrected chi connectivity index (χ2v) is 6.41. The summed E-state index contributed by atoms with van der Waals surface area (Å²) >= 11 is 1.66. The summed E-state index contributed by atoms with van der Waals surface area (Å²) in [5, 5.41) is 6.59.